The highest BCUT2D eigenvalue weighted by molar-refractivity contribution is 5.82. The lowest BCUT2D eigenvalue weighted by Gasteiger charge is -2.35. The van der Waals surface area contributed by atoms with Crippen LogP contribution in [0.5, 0.6) is 0 Å². The smallest absolute Gasteiger partial charge is 0.0992 e. The van der Waals surface area contributed by atoms with Gasteiger partial charge < -0.3 is 9.64 Å². The summed E-state index contributed by atoms with van der Waals surface area (Å²) in [5.41, 5.74) is 0. The molecule has 100 valence electrons. The number of amidine groups is 1. The van der Waals surface area contributed by atoms with Crippen LogP contribution < -0.4 is 0 Å². The number of rotatable bonds is 6. The Hall–Kier alpha value is -0.570. The van der Waals surface area contributed by atoms with E-state index in [2.05, 4.69) is 18.7 Å². The van der Waals surface area contributed by atoms with E-state index in [9.17, 15) is 0 Å². The van der Waals surface area contributed by atoms with Crippen molar-refractivity contribution in [2.45, 2.75) is 58.4 Å². The molecule has 1 saturated carbocycles. The van der Waals surface area contributed by atoms with Gasteiger partial charge >= 0.3 is 0 Å². The number of hydrogen-bond acceptors (Lipinski definition) is 2. The van der Waals surface area contributed by atoms with Crippen LogP contribution in [0, 0.1) is 11.3 Å². The van der Waals surface area contributed by atoms with Gasteiger partial charge in [0.05, 0.1) is 12.4 Å². The second-order valence-corrected chi connectivity index (χ2v) is 5.16. The third-order valence-corrected chi connectivity index (χ3v) is 3.96. The van der Waals surface area contributed by atoms with E-state index < -0.39 is 0 Å². The highest BCUT2D eigenvalue weighted by Crippen LogP contribution is 2.26. The molecule has 1 N–H and O–H groups in total. The number of hydrogen-bond donors (Lipinski definition) is 1. The molecule has 0 aromatic carbocycles. The molecule has 0 bridgehead atoms. The molecule has 1 aliphatic rings. The van der Waals surface area contributed by atoms with E-state index in [1.54, 1.807) is 7.11 Å². The van der Waals surface area contributed by atoms with Crippen LogP contribution in [-0.2, 0) is 4.74 Å². The maximum atomic E-state index is 8.42. The minimum absolute atomic E-state index is 0.458. The van der Waals surface area contributed by atoms with Crippen LogP contribution in [0.2, 0.25) is 0 Å². The molecule has 0 aromatic rings. The van der Waals surface area contributed by atoms with Crippen LogP contribution in [-0.4, -0.2) is 37.0 Å². The SMILES string of the molecule is CCC(C)N(CCOC)C(=N)C1CCCCC1. The Morgan fingerprint density at radius 1 is 1.35 bits per heavy atom. The van der Waals surface area contributed by atoms with Gasteiger partial charge in [0.1, 0.15) is 0 Å². The van der Waals surface area contributed by atoms with Crippen molar-refractivity contribution in [2.24, 2.45) is 5.92 Å². The minimum atomic E-state index is 0.458. The lowest BCUT2D eigenvalue weighted by Crippen LogP contribution is -2.43. The predicted molar refractivity (Wildman–Crippen MR) is 72.6 cm³/mol. The van der Waals surface area contributed by atoms with Crippen LogP contribution in [0.15, 0.2) is 0 Å². The van der Waals surface area contributed by atoms with E-state index in [0.717, 1.165) is 25.4 Å². The summed E-state index contributed by atoms with van der Waals surface area (Å²) < 4.78 is 5.17. The lowest BCUT2D eigenvalue weighted by molar-refractivity contribution is 0.158. The van der Waals surface area contributed by atoms with Crippen molar-refractivity contribution in [1.82, 2.24) is 4.90 Å². The molecule has 3 heteroatoms. The van der Waals surface area contributed by atoms with E-state index in [0.29, 0.717) is 12.0 Å². The summed E-state index contributed by atoms with van der Waals surface area (Å²) in [6, 6.07) is 0.458. The summed E-state index contributed by atoms with van der Waals surface area (Å²) in [7, 11) is 1.74. The largest absolute Gasteiger partial charge is 0.383 e. The summed E-state index contributed by atoms with van der Waals surface area (Å²) in [6.45, 7) is 5.99. The summed E-state index contributed by atoms with van der Waals surface area (Å²) in [5, 5.41) is 8.42. The summed E-state index contributed by atoms with van der Waals surface area (Å²) in [6.07, 6.45) is 7.46. The maximum Gasteiger partial charge on any atom is 0.0992 e. The summed E-state index contributed by atoms with van der Waals surface area (Å²) in [4.78, 5) is 2.25. The second-order valence-electron chi connectivity index (χ2n) is 5.16. The minimum Gasteiger partial charge on any atom is -0.383 e. The fourth-order valence-electron chi connectivity index (χ4n) is 2.60. The Morgan fingerprint density at radius 3 is 2.53 bits per heavy atom. The quantitative estimate of drug-likeness (QED) is 0.571. The molecule has 0 radical (unpaired) electrons. The molecule has 0 aromatic heterocycles. The molecule has 1 aliphatic carbocycles. The Balaban J connectivity index is 2.56. The Kier molecular flexibility index (Phi) is 6.56. The van der Waals surface area contributed by atoms with Gasteiger partial charge in [-0.3, -0.25) is 5.41 Å². The fraction of sp³-hybridized carbons (Fsp3) is 0.929. The first-order valence-corrected chi connectivity index (χ1v) is 7.04. The lowest BCUT2D eigenvalue weighted by atomic mass is 9.87. The number of methoxy groups -OCH3 is 1. The zero-order valence-electron chi connectivity index (χ0n) is 11.7. The molecule has 1 atom stereocenters. The molecule has 1 fully saturated rings. The van der Waals surface area contributed by atoms with Gasteiger partial charge in [-0.05, 0) is 26.2 Å². The molecule has 1 rings (SSSR count). The summed E-state index contributed by atoms with van der Waals surface area (Å²) in [5.74, 6) is 1.35. The average Bonchev–Trinajstić information content (AvgIpc) is 2.39. The van der Waals surface area contributed by atoms with Crippen molar-refractivity contribution in [2.75, 3.05) is 20.3 Å². The third kappa shape index (κ3) is 4.30. The highest BCUT2D eigenvalue weighted by Gasteiger charge is 2.24. The number of nitrogens with zero attached hydrogens (tertiary/aromatic N) is 1. The molecule has 17 heavy (non-hydrogen) atoms. The van der Waals surface area contributed by atoms with Gasteiger partial charge in [-0.15, -0.1) is 0 Å². The Morgan fingerprint density at radius 2 is 2.00 bits per heavy atom. The second kappa shape index (κ2) is 7.70. The first-order valence-electron chi connectivity index (χ1n) is 7.04. The molecule has 3 nitrogen and oxygen atoms in total. The monoisotopic (exact) mass is 240 g/mol. The standard InChI is InChI=1S/C14H28N2O/c1-4-12(2)16(10-11-17-3)14(15)13-8-6-5-7-9-13/h12-13,15H,4-11H2,1-3H3. The van der Waals surface area contributed by atoms with Gasteiger partial charge in [-0.1, -0.05) is 26.2 Å². The zero-order valence-corrected chi connectivity index (χ0v) is 11.7. The van der Waals surface area contributed by atoms with Gasteiger partial charge in [-0.25, -0.2) is 0 Å². The molecule has 0 heterocycles. The maximum absolute atomic E-state index is 8.42. The van der Waals surface area contributed by atoms with Crippen LogP contribution in [0.25, 0.3) is 0 Å². The van der Waals surface area contributed by atoms with Crippen molar-refractivity contribution in [3.05, 3.63) is 0 Å². The zero-order chi connectivity index (χ0) is 12.7. The Bertz CT molecular complexity index is 224. The third-order valence-electron chi connectivity index (χ3n) is 3.96. The topological polar surface area (TPSA) is 36.3 Å². The molecule has 0 spiro atoms. The van der Waals surface area contributed by atoms with E-state index in [1.165, 1.54) is 32.1 Å². The van der Waals surface area contributed by atoms with E-state index in [1.807, 2.05) is 0 Å². The van der Waals surface area contributed by atoms with Gasteiger partial charge in [0.15, 0.2) is 0 Å². The van der Waals surface area contributed by atoms with Crippen molar-refractivity contribution < 1.29 is 4.74 Å². The molecule has 0 amide bonds. The normalized spacial score (nSPS) is 19.0. The average molecular weight is 240 g/mol. The molecular weight excluding hydrogens is 212 g/mol. The summed E-state index contributed by atoms with van der Waals surface area (Å²) >= 11 is 0. The first-order chi connectivity index (χ1) is 8.20. The Labute approximate surface area is 106 Å². The van der Waals surface area contributed by atoms with E-state index in [-0.39, 0.29) is 0 Å². The van der Waals surface area contributed by atoms with Crippen molar-refractivity contribution in [1.29, 1.82) is 5.41 Å². The highest BCUT2D eigenvalue weighted by atomic mass is 16.5. The van der Waals surface area contributed by atoms with Gasteiger partial charge in [-0.2, -0.15) is 0 Å². The van der Waals surface area contributed by atoms with Crippen LogP contribution in [0.4, 0.5) is 0 Å². The van der Waals surface area contributed by atoms with Gasteiger partial charge in [0, 0.05) is 25.6 Å². The van der Waals surface area contributed by atoms with Crippen molar-refractivity contribution in [3.8, 4) is 0 Å². The van der Waals surface area contributed by atoms with E-state index in [4.69, 9.17) is 10.1 Å². The molecule has 1 unspecified atom stereocenters. The number of ether oxygens (including phenoxy) is 1. The molecular formula is C14H28N2O. The predicted octanol–water partition coefficient (Wildman–Crippen LogP) is 3.29. The van der Waals surface area contributed by atoms with E-state index >= 15 is 0 Å². The van der Waals surface area contributed by atoms with Crippen molar-refractivity contribution >= 4 is 5.84 Å². The van der Waals surface area contributed by atoms with Gasteiger partial charge in [0.2, 0.25) is 0 Å². The molecule has 0 saturated heterocycles. The van der Waals surface area contributed by atoms with Crippen LogP contribution in [0.3, 0.4) is 0 Å². The fourth-order valence-corrected chi connectivity index (χ4v) is 2.60. The van der Waals surface area contributed by atoms with Gasteiger partial charge in [0.25, 0.3) is 0 Å². The van der Waals surface area contributed by atoms with Crippen LogP contribution >= 0.6 is 0 Å². The number of nitrogens with one attached hydrogen (secondary N) is 1. The van der Waals surface area contributed by atoms with Crippen LogP contribution in [0.1, 0.15) is 52.4 Å². The molecule has 0 aliphatic heterocycles. The first kappa shape index (κ1) is 14.5. The van der Waals surface area contributed by atoms with Crippen molar-refractivity contribution in [3.63, 3.8) is 0 Å².